The van der Waals surface area contributed by atoms with E-state index in [-0.39, 0.29) is 0 Å². The van der Waals surface area contributed by atoms with Crippen molar-refractivity contribution in [3.8, 4) is 33.0 Å². The van der Waals surface area contributed by atoms with Crippen LogP contribution in [0.25, 0.3) is 31.9 Å². The summed E-state index contributed by atoms with van der Waals surface area (Å²) in [6.45, 7) is 0. The molecule has 4 rings (SSSR count). The van der Waals surface area contributed by atoms with Crippen LogP contribution in [0.5, 0.6) is 0 Å². The van der Waals surface area contributed by atoms with Crippen molar-refractivity contribution < 1.29 is 0 Å². The molecule has 0 aliphatic heterocycles. The lowest BCUT2D eigenvalue weighted by atomic mass is 9.93. The van der Waals surface area contributed by atoms with Gasteiger partial charge in [-0.15, -0.1) is 22.7 Å². The molecule has 0 radical (unpaired) electrons. The molecule has 0 unspecified atom stereocenters. The van der Waals surface area contributed by atoms with Gasteiger partial charge in [0.1, 0.15) is 23.2 Å². The Kier molecular flexibility index (Phi) is 3.40. The molecule has 0 fully saturated rings. The molecule has 0 aliphatic rings. The van der Waals surface area contributed by atoms with Crippen LogP contribution in [0.4, 0.5) is 0 Å². The maximum atomic E-state index is 9.71. The van der Waals surface area contributed by atoms with Crippen LogP contribution in [0.3, 0.4) is 0 Å². The Labute approximate surface area is 143 Å². The smallest absolute Gasteiger partial charge is 0.115 e. The summed E-state index contributed by atoms with van der Waals surface area (Å²) < 4.78 is 8.82. The summed E-state index contributed by atoms with van der Waals surface area (Å²) in [6, 6.07) is 12.1. The fraction of sp³-hybridized carbons (Fsp3) is 0. The monoisotopic (exact) mass is 350 g/mol. The van der Waals surface area contributed by atoms with E-state index in [4.69, 9.17) is 0 Å². The number of aromatic nitrogens is 2. The third-order valence-electron chi connectivity index (χ3n) is 3.47. The molecule has 0 saturated heterocycles. The van der Waals surface area contributed by atoms with Crippen LogP contribution in [0.15, 0.2) is 35.0 Å². The van der Waals surface area contributed by atoms with Crippen LogP contribution in [0.2, 0.25) is 0 Å². The van der Waals surface area contributed by atoms with Gasteiger partial charge in [-0.2, -0.15) is 19.3 Å². The molecule has 4 nitrogen and oxygen atoms in total. The predicted molar refractivity (Wildman–Crippen MR) is 93.5 cm³/mol. The molecule has 7 heteroatoms. The van der Waals surface area contributed by atoms with E-state index in [1.165, 1.54) is 22.7 Å². The summed E-state index contributed by atoms with van der Waals surface area (Å²) in [5, 5.41) is 23.3. The Morgan fingerprint density at radius 3 is 1.61 bits per heavy atom. The first kappa shape index (κ1) is 14.0. The Morgan fingerprint density at radius 1 is 0.783 bits per heavy atom. The van der Waals surface area contributed by atoms with E-state index in [0.29, 0.717) is 33.3 Å². The molecule has 0 spiro atoms. The normalized spacial score (nSPS) is 10.5. The van der Waals surface area contributed by atoms with Gasteiger partial charge < -0.3 is 0 Å². The Morgan fingerprint density at radius 2 is 1.26 bits per heavy atom. The maximum Gasteiger partial charge on any atom is 0.115 e. The molecular formula is C16H6N4S3. The fourth-order valence-electron chi connectivity index (χ4n) is 2.55. The number of thiophene rings is 2. The van der Waals surface area contributed by atoms with Crippen LogP contribution < -0.4 is 0 Å². The molecule has 0 N–H and O–H groups in total. The second-order valence-corrected chi connectivity index (χ2v) is 7.06. The summed E-state index contributed by atoms with van der Waals surface area (Å²) in [4.78, 5) is 1.85. The fourth-order valence-corrected chi connectivity index (χ4v) is 4.66. The molecule has 1 aromatic carbocycles. The molecule has 0 aliphatic carbocycles. The second kappa shape index (κ2) is 5.56. The summed E-state index contributed by atoms with van der Waals surface area (Å²) in [5.74, 6) is 0. The molecule has 23 heavy (non-hydrogen) atoms. The highest BCUT2D eigenvalue weighted by molar-refractivity contribution is 7.14. The first-order valence-corrected chi connectivity index (χ1v) is 9.04. The molecule has 4 aromatic rings. The van der Waals surface area contributed by atoms with E-state index < -0.39 is 0 Å². The number of nitriles is 2. The van der Waals surface area contributed by atoms with Crippen LogP contribution in [0.1, 0.15) is 11.1 Å². The molecule has 0 bridgehead atoms. The van der Waals surface area contributed by atoms with Crippen molar-refractivity contribution in [2.75, 3.05) is 0 Å². The molecule has 3 aromatic heterocycles. The zero-order valence-corrected chi connectivity index (χ0v) is 13.9. The van der Waals surface area contributed by atoms with Crippen molar-refractivity contribution in [2.45, 2.75) is 0 Å². The molecule has 0 amide bonds. The van der Waals surface area contributed by atoms with E-state index in [1.54, 1.807) is 0 Å². The van der Waals surface area contributed by atoms with Gasteiger partial charge in [0.05, 0.1) is 22.9 Å². The maximum absolute atomic E-state index is 9.71. The number of hydrogen-bond acceptors (Lipinski definition) is 7. The van der Waals surface area contributed by atoms with Crippen molar-refractivity contribution in [1.29, 1.82) is 10.5 Å². The third-order valence-corrected chi connectivity index (χ3v) is 5.77. The highest BCUT2D eigenvalue weighted by atomic mass is 32.1. The van der Waals surface area contributed by atoms with Gasteiger partial charge in [0.25, 0.3) is 0 Å². The molecule has 0 atom stereocenters. The van der Waals surface area contributed by atoms with E-state index in [1.807, 2.05) is 35.0 Å². The predicted octanol–water partition coefficient (Wildman–Crippen LogP) is 4.89. The minimum Gasteiger partial charge on any atom is -0.192 e. The summed E-state index contributed by atoms with van der Waals surface area (Å²) in [5.41, 5.74) is 3.55. The highest BCUT2D eigenvalue weighted by Crippen LogP contribution is 2.42. The minimum atomic E-state index is 0.374. The largest absolute Gasteiger partial charge is 0.192 e. The van der Waals surface area contributed by atoms with Crippen molar-refractivity contribution in [1.82, 2.24) is 8.75 Å². The van der Waals surface area contributed by atoms with E-state index in [9.17, 15) is 10.5 Å². The molecule has 0 saturated carbocycles. The first-order chi connectivity index (χ1) is 11.3. The number of nitrogens with zero attached hydrogens (tertiary/aromatic N) is 4. The lowest BCUT2D eigenvalue weighted by Crippen LogP contribution is -1.95. The van der Waals surface area contributed by atoms with Gasteiger partial charge >= 0.3 is 0 Å². The van der Waals surface area contributed by atoms with Crippen molar-refractivity contribution >= 4 is 45.4 Å². The van der Waals surface area contributed by atoms with Crippen LogP contribution >= 0.6 is 34.4 Å². The number of hydrogen-bond donors (Lipinski definition) is 0. The van der Waals surface area contributed by atoms with Gasteiger partial charge in [0.2, 0.25) is 0 Å². The van der Waals surface area contributed by atoms with Crippen molar-refractivity contribution in [3.05, 3.63) is 46.2 Å². The van der Waals surface area contributed by atoms with Crippen LogP contribution in [-0.4, -0.2) is 8.75 Å². The second-order valence-electron chi connectivity index (χ2n) is 4.64. The zero-order valence-electron chi connectivity index (χ0n) is 11.5. The summed E-state index contributed by atoms with van der Waals surface area (Å²) >= 11 is 4.16. The average molecular weight is 350 g/mol. The summed E-state index contributed by atoms with van der Waals surface area (Å²) in [6.07, 6.45) is 0. The number of fused-ring (bicyclic) bond motifs is 1. The van der Waals surface area contributed by atoms with Gasteiger partial charge in [-0.3, -0.25) is 0 Å². The van der Waals surface area contributed by atoms with Crippen LogP contribution in [-0.2, 0) is 0 Å². The van der Waals surface area contributed by atoms with E-state index in [2.05, 4.69) is 20.9 Å². The quantitative estimate of drug-likeness (QED) is 0.516. The van der Waals surface area contributed by atoms with Gasteiger partial charge in [-0.05, 0) is 22.9 Å². The van der Waals surface area contributed by atoms with Gasteiger partial charge in [-0.25, -0.2) is 0 Å². The standard InChI is InChI=1S/C16H6N4S3/c17-7-9-10(8-18)14(12-4-2-6-22-12)16-15(19-23-20-16)13(9)11-3-1-5-21-11/h1-6H. The topological polar surface area (TPSA) is 73.4 Å². The number of rotatable bonds is 2. The minimum absolute atomic E-state index is 0.374. The van der Waals surface area contributed by atoms with E-state index >= 15 is 0 Å². The highest BCUT2D eigenvalue weighted by Gasteiger charge is 2.25. The van der Waals surface area contributed by atoms with E-state index in [0.717, 1.165) is 21.5 Å². The van der Waals surface area contributed by atoms with Gasteiger partial charge in [0, 0.05) is 20.9 Å². The molecule has 108 valence electrons. The van der Waals surface area contributed by atoms with Crippen molar-refractivity contribution in [3.63, 3.8) is 0 Å². The SMILES string of the molecule is N#Cc1c(C#N)c(-c2cccs2)c2nsnc2c1-c1cccs1. The Bertz CT molecular complexity index is 991. The Hall–Kier alpha value is -2.58. The zero-order chi connectivity index (χ0) is 15.8. The van der Waals surface area contributed by atoms with Crippen molar-refractivity contribution in [2.24, 2.45) is 0 Å². The lowest BCUT2D eigenvalue weighted by molar-refractivity contribution is 1.44. The first-order valence-electron chi connectivity index (χ1n) is 6.55. The third kappa shape index (κ3) is 2.07. The molecule has 3 heterocycles. The summed E-state index contributed by atoms with van der Waals surface area (Å²) in [7, 11) is 0. The van der Waals surface area contributed by atoms with Gasteiger partial charge in [-0.1, -0.05) is 12.1 Å². The Balaban J connectivity index is 2.23. The number of benzene rings is 1. The van der Waals surface area contributed by atoms with Gasteiger partial charge in [0.15, 0.2) is 0 Å². The molecular weight excluding hydrogens is 344 g/mol. The average Bonchev–Trinajstić information content (AvgIpc) is 3.33. The van der Waals surface area contributed by atoms with Crippen LogP contribution in [0, 0.1) is 22.7 Å². The lowest BCUT2D eigenvalue weighted by Gasteiger charge is -2.09.